The largest absolute Gasteiger partial charge is 0.484 e. The Labute approximate surface area is 135 Å². The highest BCUT2D eigenvalue weighted by molar-refractivity contribution is 5.75. The first kappa shape index (κ1) is 15.8. The number of rotatable bonds is 6. The number of aliphatic hydroxyl groups excluding tert-OH is 1. The van der Waals surface area contributed by atoms with Crippen LogP contribution in [-0.2, 0) is 6.54 Å². The summed E-state index contributed by atoms with van der Waals surface area (Å²) in [5.74, 6) is 0.0687. The van der Waals surface area contributed by atoms with Gasteiger partial charge in [0.1, 0.15) is 18.3 Å². The van der Waals surface area contributed by atoms with Gasteiger partial charge in [-0.1, -0.05) is 12.1 Å². The molecule has 0 saturated heterocycles. The average Bonchev–Trinajstić information content (AvgIpc) is 3.05. The number of aromatic nitrogens is 1. The number of hydrogen-bond acceptors (Lipinski definition) is 6. The summed E-state index contributed by atoms with van der Waals surface area (Å²) >= 11 is 0. The minimum absolute atomic E-state index is 0.000580. The number of nitro benzene ring substituents is 1. The van der Waals surface area contributed by atoms with Crippen LogP contribution < -0.4 is 10.3 Å². The Kier molecular flexibility index (Phi) is 4.30. The van der Waals surface area contributed by atoms with Crippen molar-refractivity contribution < 1.29 is 19.2 Å². The number of hydrogen-bond donors (Lipinski definition) is 1. The highest BCUT2D eigenvalue weighted by Crippen LogP contribution is 2.25. The number of furan rings is 1. The number of fused-ring (bicyclic) bond motifs is 1. The molecule has 1 atom stereocenters. The quantitative estimate of drug-likeness (QED) is 0.546. The molecular weight excluding hydrogens is 316 g/mol. The van der Waals surface area contributed by atoms with Gasteiger partial charge in [0.05, 0.1) is 23.1 Å². The van der Waals surface area contributed by atoms with E-state index in [1.807, 2.05) is 0 Å². The molecule has 0 radical (unpaired) electrons. The number of nitro groups is 1. The molecule has 1 unspecified atom stereocenters. The molecule has 0 aliphatic rings. The van der Waals surface area contributed by atoms with E-state index < -0.39 is 11.0 Å². The van der Waals surface area contributed by atoms with Crippen molar-refractivity contribution >= 4 is 16.7 Å². The molecule has 0 amide bonds. The van der Waals surface area contributed by atoms with Gasteiger partial charge in [-0.3, -0.25) is 14.9 Å². The van der Waals surface area contributed by atoms with Gasteiger partial charge in [0, 0.05) is 12.3 Å². The molecule has 8 nitrogen and oxygen atoms in total. The smallest absolute Gasteiger partial charge is 0.310 e. The van der Waals surface area contributed by atoms with E-state index in [1.165, 1.54) is 35.2 Å². The van der Waals surface area contributed by atoms with E-state index in [9.17, 15) is 20.0 Å². The van der Waals surface area contributed by atoms with Crippen LogP contribution in [0.25, 0.3) is 11.0 Å². The molecule has 3 rings (SSSR count). The number of benzene rings is 1. The second kappa shape index (κ2) is 6.55. The molecule has 24 heavy (non-hydrogen) atoms. The molecular formula is C16H14N2O6. The molecule has 0 spiro atoms. The molecule has 1 aromatic carbocycles. The molecule has 124 valence electrons. The van der Waals surface area contributed by atoms with Crippen molar-refractivity contribution in [3.8, 4) is 5.75 Å². The molecule has 2 heterocycles. The Morgan fingerprint density at radius 1 is 1.29 bits per heavy atom. The molecule has 8 heteroatoms. The third-order valence-corrected chi connectivity index (χ3v) is 3.49. The zero-order chi connectivity index (χ0) is 17.1. The summed E-state index contributed by atoms with van der Waals surface area (Å²) in [6.45, 7) is -0.179. The predicted octanol–water partition coefficient (Wildman–Crippen LogP) is 1.94. The lowest BCUT2D eigenvalue weighted by Crippen LogP contribution is -2.29. The minimum Gasteiger partial charge on any atom is -0.484 e. The van der Waals surface area contributed by atoms with Crippen LogP contribution in [0.3, 0.4) is 0 Å². The van der Waals surface area contributed by atoms with Crippen molar-refractivity contribution in [2.24, 2.45) is 0 Å². The van der Waals surface area contributed by atoms with Gasteiger partial charge in [-0.2, -0.15) is 0 Å². The molecule has 0 aliphatic heterocycles. The van der Waals surface area contributed by atoms with Crippen LogP contribution in [0.4, 0.5) is 5.69 Å². The second-order valence-corrected chi connectivity index (χ2v) is 5.16. The normalized spacial score (nSPS) is 12.2. The van der Waals surface area contributed by atoms with Gasteiger partial charge in [0.25, 0.3) is 5.56 Å². The number of aliphatic hydroxyl groups is 1. The van der Waals surface area contributed by atoms with Gasteiger partial charge >= 0.3 is 5.69 Å². The van der Waals surface area contributed by atoms with Crippen molar-refractivity contribution in [2.45, 2.75) is 12.6 Å². The summed E-state index contributed by atoms with van der Waals surface area (Å²) in [5.41, 5.74) is 0.00887. The maximum absolute atomic E-state index is 12.2. The summed E-state index contributed by atoms with van der Waals surface area (Å²) in [5, 5.41) is 21.4. The Bertz CT molecular complexity index is 929. The summed E-state index contributed by atoms with van der Waals surface area (Å²) in [6, 6.07) is 9.09. The average molecular weight is 330 g/mol. The minimum atomic E-state index is -1.01. The van der Waals surface area contributed by atoms with Crippen LogP contribution in [-0.4, -0.2) is 27.3 Å². The molecule has 0 bridgehead atoms. The fourth-order valence-corrected chi connectivity index (χ4v) is 2.35. The van der Waals surface area contributed by atoms with E-state index in [4.69, 9.17) is 9.15 Å². The topological polar surface area (TPSA) is 108 Å². The summed E-state index contributed by atoms with van der Waals surface area (Å²) < 4.78 is 11.8. The first-order chi connectivity index (χ1) is 11.6. The molecule has 2 aromatic heterocycles. The van der Waals surface area contributed by atoms with Crippen LogP contribution in [0.1, 0.15) is 0 Å². The third-order valence-electron chi connectivity index (χ3n) is 3.49. The fraction of sp³-hybridized carbons (Fsp3) is 0.188. The predicted molar refractivity (Wildman–Crippen MR) is 85.1 cm³/mol. The maximum atomic E-state index is 12.2. The molecule has 1 N–H and O–H groups in total. The zero-order valence-electron chi connectivity index (χ0n) is 12.5. The monoisotopic (exact) mass is 330 g/mol. The van der Waals surface area contributed by atoms with Crippen molar-refractivity contribution in [3.05, 3.63) is 69.3 Å². The zero-order valence-corrected chi connectivity index (χ0v) is 12.5. The Balaban J connectivity index is 1.69. The van der Waals surface area contributed by atoms with Crippen molar-refractivity contribution in [3.63, 3.8) is 0 Å². The lowest BCUT2D eigenvalue weighted by Gasteiger charge is -2.14. The first-order valence-electron chi connectivity index (χ1n) is 7.17. The van der Waals surface area contributed by atoms with E-state index in [2.05, 4.69) is 0 Å². The van der Waals surface area contributed by atoms with Gasteiger partial charge in [0.2, 0.25) is 0 Å². The second-order valence-electron chi connectivity index (χ2n) is 5.16. The number of pyridine rings is 1. The molecule has 0 saturated carbocycles. The third kappa shape index (κ3) is 3.13. The van der Waals surface area contributed by atoms with Crippen LogP contribution >= 0.6 is 0 Å². The fourth-order valence-electron chi connectivity index (χ4n) is 2.35. The van der Waals surface area contributed by atoms with E-state index in [0.29, 0.717) is 11.0 Å². The van der Waals surface area contributed by atoms with Crippen molar-refractivity contribution in [2.75, 3.05) is 6.61 Å². The lowest BCUT2D eigenvalue weighted by atomic mass is 10.3. The van der Waals surface area contributed by atoms with Gasteiger partial charge in [0.15, 0.2) is 5.75 Å². The van der Waals surface area contributed by atoms with E-state index in [-0.39, 0.29) is 30.1 Å². The Morgan fingerprint density at radius 2 is 2.08 bits per heavy atom. The molecule has 0 fully saturated rings. The number of nitrogens with zero attached hydrogens (tertiary/aromatic N) is 2. The van der Waals surface area contributed by atoms with Crippen LogP contribution in [0, 0.1) is 10.1 Å². The van der Waals surface area contributed by atoms with Crippen LogP contribution in [0.5, 0.6) is 5.75 Å². The van der Waals surface area contributed by atoms with Crippen LogP contribution in [0.15, 0.2) is 58.1 Å². The molecule has 0 aliphatic carbocycles. The number of para-hydroxylation sites is 2. The first-order valence-corrected chi connectivity index (χ1v) is 7.17. The van der Waals surface area contributed by atoms with Crippen molar-refractivity contribution in [1.82, 2.24) is 4.57 Å². The van der Waals surface area contributed by atoms with Crippen molar-refractivity contribution in [1.29, 1.82) is 0 Å². The summed E-state index contributed by atoms with van der Waals surface area (Å²) in [4.78, 5) is 22.6. The van der Waals surface area contributed by atoms with Gasteiger partial charge < -0.3 is 18.8 Å². The summed E-state index contributed by atoms with van der Waals surface area (Å²) in [7, 11) is 0. The Morgan fingerprint density at radius 3 is 2.88 bits per heavy atom. The highest BCUT2D eigenvalue weighted by Gasteiger charge is 2.16. The molecule has 3 aromatic rings. The Hall–Kier alpha value is -3.13. The van der Waals surface area contributed by atoms with E-state index in [1.54, 1.807) is 18.2 Å². The van der Waals surface area contributed by atoms with E-state index in [0.717, 1.165) is 0 Å². The lowest BCUT2D eigenvalue weighted by molar-refractivity contribution is -0.385. The standard InChI is InChI=1S/C16H14N2O6/c19-11(10-24-15-4-2-1-3-13(15)18(21)22)9-17-7-5-14-12(16(17)20)6-8-23-14/h1-8,11,19H,9-10H2. The van der Waals surface area contributed by atoms with Crippen LogP contribution in [0.2, 0.25) is 0 Å². The van der Waals surface area contributed by atoms with Gasteiger partial charge in [-0.25, -0.2) is 0 Å². The number of ether oxygens (including phenoxy) is 1. The SMILES string of the molecule is O=c1c2ccoc2ccn1CC(O)COc1ccccc1[N+](=O)[O-]. The van der Waals surface area contributed by atoms with Gasteiger partial charge in [-0.05, 0) is 18.2 Å². The highest BCUT2D eigenvalue weighted by atomic mass is 16.6. The van der Waals surface area contributed by atoms with E-state index >= 15 is 0 Å². The maximum Gasteiger partial charge on any atom is 0.310 e. The van der Waals surface area contributed by atoms with Gasteiger partial charge in [-0.15, -0.1) is 0 Å². The summed E-state index contributed by atoms with van der Waals surface area (Å²) in [6.07, 6.45) is 1.93.